The number of hydrogen-bond acceptors (Lipinski definition) is 7. The summed E-state index contributed by atoms with van der Waals surface area (Å²) in [5.74, 6) is -1.10. The molecule has 2 fully saturated rings. The number of carbonyl (C=O) groups excluding carboxylic acids is 3. The summed E-state index contributed by atoms with van der Waals surface area (Å²) in [7, 11) is 1.36. The number of rotatable bonds is 3. The Kier molecular flexibility index (Phi) is 4.95. The minimum Gasteiger partial charge on any atom is -0.472 e. The Morgan fingerprint density at radius 1 is 1.18 bits per heavy atom. The van der Waals surface area contributed by atoms with Crippen LogP contribution in [-0.2, 0) is 28.6 Å². The zero-order valence-corrected chi connectivity index (χ0v) is 19.9. The van der Waals surface area contributed by atoms with Gasteiger partial charge in [0.15, 0.2) is 6.10 Å². The van der Waals surface area contributed by atoms with E-state index < -0.39 is 40.5 Å². The summed E-state index contributed by atoms with van der Waals surface area (Å²) in [4.78, 5) is 39.2. The standard InChI is InChI=1S/C26H32O7/c1-24(2)17(12-19(28)30-5)26(4)16-8-10-25(3)20(15(16)6-7-18(24)27)21(33-26)23(29)32-22(25)14-9-11-31-13-14/h9,11,13,16-17,21-22H,6-8,10,12H2,1-5H3/t16-,17-,21-,22-,25+,26-/m0/s1. The first-order valence-corrected chi connectivity index (χ1v) is 11.8. The monoisotopic (exact) mass is 456 g/mol. The van der Waals surface area contributed by atoms with E-state index >= 15 is 0 Å². The summed E-state index contributed by atoms with van der Waals surface area (Å²) < 4.78 is 23.0. The van der Waals surface area contributed by atoms with Gasteiger partial charge >= 0.3 is 11.9 Å². The highest BCUT2D eigenvalue weighted by molar-refractivity contribution is 5.87. The van der Waals surface area contributed by atoms with E-state index in [2.05, 4.69) is 6.92 Å². The van der Waals surface area contributed by atoms with Crippen molar-refractivity contribution in [2.75, 3.05) is 7.11 Å². The van der Waals surface area contributed by atoms with E-state index in [1.165, 1.54) is 7.11 Å². The van der Waals surface area contributed by atoms with Gasteiger partial charge in [0.2, 0.25) is 0 Å². The molecule has 1 saturated carbocycles. The Morgan fingerprint density at radius 3 is 2.61 bits per heavy atom. The van der Waals surface area contributed by atoms with Crippen molar-refractivity contribution in [1.29, 1.82) is 0 Å². The smallest absolute Gasteiger partial charge is 0.340 e. The number of esters is 2. The number of hydrogen-bond donors (Lipinski definition) is 0. The molecule has 0 spiro atoms. The zero-order chi connectivity index (χ0) is 23.8. The number of methoxy groups -OCH3 is 1. The lowest BCUT2D eigenvalue weighted by molar-refractivity contribution is -0.228. The first-order valence-electron chi connectivity index (χ1n) is 11.8. The van der Waals surface area contributed by atoms with Crippen LogP contribution in [0.2, 0.25) is 0 Å². The number of furan rings is 1. The first-order chi connectivity index (χ1) is 15.5. The Bertz CT molecular complexity index is 1040. The predicted octanol–water partition coefficient (Wildman–Crippen LogP) is 4.32. The molecule has 0 radical (unpaired) electrons. The molecule has 4 aliphatic rings. The van der Waals surface area contributed by atoms with Gasteiger partial charge in [0.05, 0.1) is 31.7 Å². The topological polar surface area (TPSA) is 92.0 Å². The van der Waals surface area contributed by atoms with Gasteiger partial charge in [-0.15, -0.1) is 0 Å². The first kappa shape index (κ1) is 22.4. The molecular formula is C26H32O7. The van der Waals surface area contributed by atoms with E-state index in [0.29, 0.717) is 12.8 Å². The summed E-state index contributed by atoms with van der Waals surface area (Å²) >= 11 is 0. The minimum absolute atomic E-state index is 0.0229. The fraction of sp³-hybridized carbons (Fsp3) is 0.654. The van der Waals surface area contributed by atoms with Gasteiger partial charge in [-0.3, -0.25) is 9.59 Å². The molecule has 1 aromatic rings. The van der Waals surface area contributed by atoms with Crippen molar-refractivity contribution in [1.82, 2.24) is 0 Å². The molecule has 1 aromatic heterocycles. The van der Waals surface area contributed by atoms with Crippen LogP contribution in [0.4, 0.5) is 0 Å². The molecule has 178 valence electrons. The molecule has 3 heterocycles. The second kappa shape index (κ2) is 7.29. The average molecular weight is 457 g/mol. The molecule has 0 amide bonds. The van der Waals surface area contributed by atoms with Crippen molar-refractivity contribution < 1.29 is 33.0 Å². The lowest BCUT2D eigenvalue weighted by Gasteiger charge is -2.61. The van der Waals surface area contributed by atoms with E-state index in [0.717, 1.165) is 29.6 Å². The van der Waals surface area contributed by atoms with Gasteiger partial charge in [-0.25, -0.2) is 4.79 Å². The van der Waals surface area contributed by atoms with Crippen molar-refractivity contribution in [3.8, 4) is 0 Å². The van der Waals surface area contributed by atoms with Crippen molar-refractivity contribution in [3.05, 3.63) is 35.3 Å². The Labute approximate surface area is 193 Å². The molecule has 2 aliphatic carbocycles. The van der Waals surface area contributed by atoms with Crippen LogP contribution in [0.5, 0.6) is 0 Å². The van der Waals surface area contributed by atoms with E-state index in [1.54, 1.807) is 12.5 Å². The maximum Gasteiger partial charge on any atom is 0.340 e. The van der Waals surface area contributed by atoms with Gasteiger partial charge in [0.1, 0.15) is 11.9 Å². The van der Waals surface area contributed by atoms with Gasteiger partial charge in [-0.05, 0) is 37.8 Å². The summed E-state index contributed by atoms with van der Waals surface area (Å²) in [5.41, 5.74) is 0.834. The Morgan fingerprint density at radius 2 is 1.94 bits per heavy atom. The van der Waals surface area contributed by atoms with Crippen molar-refractivity contribution in [2.45, 2.75) is 77.6 Å². The molecule has 2 aliphatic heterocycles. The summed E-state index contributed by atoms with van der Waals surface area (Å²) in [6, 6.07) is 1.84. The molecule has 6 atom stereocenters. The summed E-state index contributed by atoms with van der Waals surface area (Å²) in [6.07, 6.45) is 4.60. The van der Waals surface area contributed by atoms with Crippen LogP contribution in [0.1, 0.15) is 71.5 Å². The maximum atomic E-state index is 13.4. The van der Waals surface area contributed by atoms with Crippen LogP contribution < -0.4 is 0 Å². The van der Waals surface area contributed by atoms with Gasteiger partial charge in [0, 0.05) is 34.7 Å². The highest BCUT2D eigenvalue weighted by atomic mass is 16.6. The lowest BCUT2D eigenvalue weighted by atomic mass is 9.51. The van der Waals surface area contributed by atoms with Crippen LogP contribution >= 0.6 is 0 Å². The summed E-state index contributed by atoms with van der Waals surface area (Å²) in [5, 5.41) is 0. The zero-order valence-electron chi connectivity index (χ0n) is 19.9. The molecule has 33 heavy (non-hydrogen) atoms. The number of carbonyl (C=O) groups is 3. The highest BCUT2D eigenvalue weighted by Gasteiger charge is 2.65. The largest absolute Gasteiger partial charge is 0.472 e. The van der Waals surface area contributed by atoms with Gasteiger partial charge in [-0.1, -0.05) is 26.3 Å². The van der Waals surface area contributed by atoms with E-state index in [1.807, 2.05) is 26.8 Å². The van der Waals surface area contributed by atoms with Crippen molar-refractivity contribution in [3.63, 3.8) is 0 Å². The van der Waals surface area contributed by atoms with E-state index in [9.17, 15) is 14.4 Å². The van der Waals surface area contributed by atoms with Crippen LogP contribution in [-0.4, -0.2) is 36.5 Å². The molecule has 1 saturated heterocycles. The third-order valence-electron chi connectivity index (χ3n) is 9.03. The SMILES string of the molecule is COC(=O)C[C@H]1C(C)(C)C(=O)CCC2=C3[C@@H]4O[C@@]1(C)[C@H]2CC[C@@]3(C)[C@H](c1ccoc1)OC4=O. The third-order valence-corrected chi connectivity index (χ3v) is 9.03. The van der Waals surface area contributed by atoms with Gasteiger partial charge in [-0.2, -0.15) is 0 Å². The van der Waals surface area contributed by atoms with Gasteiger partial charge < -0.3 is 18.6 Å². The lowest BCUT2D eigenvalue weighted by Crippen LogP contribution is -2.64. The van der Waals surface area contributed by atoms with Crippen molar-refractivity contribution in [2.24, 2.45) is 22.7 Å². The van der Waals surface area contributed by atoms with Crippen LogP contribution in [0.15, 0.2) is 34.2 Å². The molecule has 0 N–H and O–H groups in total. The molecule has 0 aromatic carbocycles. The maximum absolute atomic E-state index is 13.4. The normalized spacial score (nSPS) is 39.4. The van der Waals surface area contributed by atoms with Crippen LogP contribution in [0.25, 0.3) is 0 Å². The van der Waals surface area contributed by atoms with Crippen molar-refractivity contribution >= 4 is 17.7 Å². The fourth-order valence-corrected chi connectivity index (χ4v) is 7.23. The molecule has 0 unspecified atom stereocenters. The quantitative estimate of drug-likeness (QED) is 0.494. The molecule has 4 bridgehead atoms. The minimum atomic E-state index is -0.875. The second-order valence-electron chi connectivity index (χ2n) is 11.0. The number of ketones is 1. The Balaban J connectivity index is 1.69. The second-order valence-corrected chi connectivity index (χ2v) is 11.0. The average Bonchev–Trinajstić information content (AvgIpc) is 3.30. The number of ether oxygens (including phenoxy) is 3. The molecule has 5 rings (SSSR count). The van der Waals surface area contributed by atoms with E-state index in [4.69, 9.17) is 18.6 Å². The number of cyclic esters (lactones) is 1. The predicted molar refractivity (Wildman–Crippen MR) is 117 cm³/mol. The number of Topliss-reactive ketones (excluding diaryl/α,β-unsaturated/α-hetero) is 1. The van der Waals surface area contributed by atoms with Crippen LogP contribution in [0, 0.1) is 22.7 Å². The third kappa shape index (κ3) is 3.00. The molecular weight excluding hydrogens is 424 g/mol. The molecule has 7 heteroatoms. The molecule has 7 nitrogen and oxygen atoms in total. The highest BCUT2D eigenvalue weighted by Crippen LogP contribution is 2.65. The van der Waals surface area contributed by atoms with Gasteiger partial charge in [0.25, 0.3) is 0 Å². The fourth-order valence-electron chi connectivity index (χ4n) is 7.23. The Hall–Kier alpha value is -2.41. The van der Waals surface area contributed by atoms with E-state index in [-0.39, 0.29) is 24.1 Å². The van der Waals surface area contributed by atoms with Crippen LogP contribution in [0.3, 0.4) is 0 Å². The summed E-state index contributed by atoms with van der Waals surface area (Å²) in [6.45, 7) is 7.89.